The van der Waals surface area contributed by atoms with Crippen LogP contribution in [0.25, 0.3) is 11.4 Å². The molecule has 0 saturated heterocycles. The topological polar surface area (TPSA) is 59.9 Å². The lowest BCUT2D eigenvalue weighted by Gasteiger charge is -2.11. The summed E-state index contributed by atoms with van der Waals surface area (Å²) in [5, 5.41) is 3.18. The largest absolute Gasteiger partial charge is 0.489 e. The highest BCUT2D eigenvalue weighted by molar-refractivity contribution is 7.97. The monoisotopic (exact) mass is 382 g/mol. The summed E-state index contributed by atoms with van der Waals surface area (Å²) in [5.41, 5.74) is 2.68. The number of benzene rings is 2. The van der Waals surface area contributed by atoms with Crippen molar-refractivity contribution < 1.29 is 9.13 Å². The van der Waals surface area contributed by atoms with E-state index in [0.29, 0.717) is 23.1 Å². The van der Waals surface area contributed by atoms with Crippen molar-refractivity contribution >= 4 is 23.4 Å². The van der Waals surface area contributed by atoms with Crippen molar-refractivity contribution in [3.05, 3.63) is 72.8 Å². The quantitative estimate of drug-likeness (QED) is 0.562. The summed E-state index contributed by atoms with van der Waals surface area (Å²) in [6.45, 7) is 3.87. The van der Waals surface area contributed by atoms with E-state index in [0.717, 1.165) is 11.4 Å². The molecule has 1 aromatic heterocycles. The number of hydrogen-bond donors (Lipinski definition) is 1. The van der Waals surface area contributed by atoms with Crippen molar-refractivity contribution in [1.82, 2.24) is 15.0 Å². The van der Waals surface area contributed by atoms with Gasteiger partial charge >= 0.3 is 0 Å². The molecule has 0 radical (unpaired) electrons. The summed E-state index contributed by atoms with van der Waals surface area (Å²) in [4.78, 5) is 12.8. The first kappa shape index (κ1) is 18.8. The van der Waals surface area contributed by atoms with Crippen LogP contribution in [-0.2, 0) is 5.75 Å². The Morgan fingerprint density at radius 1 is 1.22 bits per heavy atom. The molecule has 27 heavy (non-hydrogen) atoms. The Labute approximate surface area is 161 Å². The van der Waals surface area contributed by atoms with Crippen molar-refractivity contribution in [3.8, 4) is 17.1 Å². The van der Waals surface area contributed by atoms with Gasteiger partial charge in [-0.25, -0.2) is 14.4 Å². The second-order valence-corrected chi connectivity index (χ2v) is 6.50. The molecule has 0 amide bonds. The van der Waals surface area contributed by atoms with Crippen LogP contribution in [0.15, 0.2) is 61.4 Å². The molecule has 0 atom stereocenters. The van der Waals surface area contributed by atoms with Crippen LogP contribution in [0, 0.1) is 5.82 Å². The van der Waals surface area contributed by atoms with Gasteiger partial charge in [-0.05, 0) is 36.1 Å². The van der Waals surface area contributed by atoms with Crippen LogP contribution in [0.4, 0.5) is 16.0 Å². The zero-order valence-electron chi connectivity index (χ0n) is 14.9. The molecular formula is C20H19FN4OS. The normalized spacial score (nSPS) is 10.4. The molecule has 1 N–H and O–H groups in total. The lowest BCUT2D eigenvalue weighted by Crippen LogP contribution is -2.02. The third-order valence-electron chi connectivity index (χ3n) is 3.61. The average Bonchev–Trinajstić information content (AvgIpc) is 2.67. The molecule has 7 heteroatoms. The first-order valence-electron chi connectivity index (χ1n) is 8.27. The van der Waals surface area contributed by atoms with Crippen LogP contribution in [0.2, 0.25) is 0 Å². The van der Waals surface area contributed by atoms with Crippen LogP contribution >= 0.6 is 11.8 Å². The van der Waals surface area contributed by atoms with Gasteiger partial charge in [-0.15, -0.1) is 0 Å². The number of rotatable bonds is 8. The number of hydrogen-bond acceptors (Lipinski definition) is 6. The minimum atomic E-state index is -0.393. The first-order chi connectivity index (χ1) is 13.2. The summed E-state index contributed by atoms with van der Waals surface area (Å²) in [6, 6.07) is 12.3. The molecule has 138 valence electrons. The molecule has 5 nitrogen and oxygen atoms in total. The van der Waals surface area contributed by atoms with Gasteiger partial charge < -0.3 is 10.1 Å². The second kappa shape index (κ2) is 9.14. The molecule has 0 saturated carbocycles. The fraction of sp³-hybridized carbons (Fsp3) is 0.150. The number of halogens is 1. The number of thioether (sulfide) groups is 1. The van der Waals surface area contributed by atoms with E-state index >= 15 is 0 Å². The van der Waals surface area contributed by atoms with E-state index in [9.17, 15) is 4.39 Å². The molecule has 1 heterocycles. The fourth-order valence-electron chi connectivity index (χ4n) is 2.47. The maximum atomic E-state index is 13.6. The molecule has 0 aliphatic heterocycles. The van der Waals surface area contributed by atoms with E-state index in [1.165, 1.54) is 24.0 Å². The van der Waals surface area contributed by atoms with E-state index in [-0.39, 0.29) is 6.61 Å². The molecule has 3 rings (SSSR count). The molecular weight excluding hydrogens is 363 g/mol. The van der Waals surface area contributed by atoms with Gasteiger partial charge in [-0.1, -0.05) is 24.8 Å². The molecule has 0 aliphatic rings. The SMILES string of the molecule is C=CCOc1cc(F)ccc1-c1ncnc(Nc2cccc(CSC)c2)n1. The number of aromatic nitrogens is 3. The van der Waals surface area contributed by atoms with E-state index < -0.39 is 5.82 Å². The zero-order valence-corrected chi connectivity index (χ0v) is 15.7. The first-order valence-corrected chi connectivity index (χ1v) is 9.66. The number of nitrogens with zero attached hydrogens (tertiary/aromatic N) is 3. The summed E-state index contributed by atoms with van der Waals surface area (Å²) in [5.74, 6) is 1.69. The molecule has 0 fully saturated rings. The van der Waals surface area contributed by atoms with Crippen molar-refractivity contribution in [2.75, 3.05) is 18.2 Å². The third kappa shape index (κ3) is 5.04. The van der Waals surface area contributed by atoms with Gasteiger partial charge in [-0.2, -0.15) is 16.7 Å². The minimum Gasteiger partial charge on any atom is -0.489 e. The third-order valence-corrected chi connectivity index (χ3v) is 4.23. The summed E-state index contributed by atoms with van der Waals surface area (Å²) >= 11 is 1.76. The van der Waals surface area contributed by atoms with Crippen LogP contribution in [0.3, 0.4) is 0 Å². The molecule has 0 aliphatic carbocycles. The maximum absolute atomic E-state index is 13.6. The van der Waals surface area contributed by atoms with Gasteiger partial charge in [0.25, 0.3) is 0 Å². The lowest BCUT2D eigenvalue weighted by atomic mass is 10.2. The lowest BCUT2D eigenvalue weighted by molar-refractivity contribution is 0.362. The molecule has 0 bridgehead atoms. The predicted octanol–water partition coefficient (Wildman–Crippen LogP) is 4.85. The summed E-state index contributed by atoms with van der Waals surface area (Å²) in [7, 11) is 0. The van der Waals surface area contributed by atoms with Gasteiger partial charge in [0, 0.05) is 17.5 Å². The Hall–Kier alpha value is -2.93. The Morgan fingerprint density at radius 2 is 2.11 bits per heavy atom. The zero-order chi connectivity index (χ0) is 19.1. The minimum absolute atomic E-state index is 0.259. The van der Waals surface area contributed by atoms with E-state index in [1.54, 1.807) is 23.9 Å². The van der Waals surface area contributed by atoms with Crippen LogP contribution < -0.4 is 10.1 Å². The molecule has 3 aromatic rings. The van der Waals surface area contributed by atoms with Crippen LogP contribution in [0.1, 0.15) is 5.56 Å². The second-order valence-electron chi connectivity index (χ2n) is 5.63. The number of ether oxygens (including phenoxy) is 1. The standard InChI is InChI=1S/C20H19FN4OS/c1-3-9-26-18-11-15(21)7-8-17(18)19-22-13-23-20(25-19)24-16-6-4-5-14(10-16)12-27-2/h3-8,10-11,13H,1,9,12H2,2H3,(H,22,23,24,25). The van der Waals surface area contributed by atoms with Gasteiger partial charge in [0.2, 0.25) is 5.95 Å². The van der Waals surface area contributed by atoms with Gasteiger partial charge in [-0.3, -0.25) is 0 Å². The van der Waals surface area contributed by atoms with Gasteiger partial charge in [0.05, 0.1) is 5.56 Å². The predicted molar refractivity (Wildman–Crippen MR) is 108 cm³/mol. The number of nitrogens with one attached hydrogen (secondary N) is 1. The van der Waals surface area contributed by atoms with E-state index in [1.807, 2.05) is 12.1 Å². The molecule has 0 spiro atoms. The van der Waals surface area contributed by atoms with Crippen LogP contribution in [-0.4, -0.2) is 27.8 Å². The maximum Gasteiger partial charge on any atom is 0.230 e. The highest BCUT2D eigenvalue weighted by Crippen LogP contribution is 2.29. The average molecular weight is 382 g/mol. The summed E-state index contributed by atoms with van der Waals surface area (Å²) < 4.78 is 19.1. The Morgan fingerprint density at radius 3 is 2.93 bits per heavy atom. The highest BCUT2D eigenvalue weighted by atomic mass is 32.2. The van der Waals surface area contributed by atoms with E-state index in [4.69, 9.17) is 4.74 Å². The van der Waals surface area contributed by atoms with Crippen molar-refractivity contribution in [3.63, 3.8) is 0 Å². The van der Waals surface area contributed by atoms with Crippen LogP contribution in [0.5, 0.6) is 5.75 Å². The Kier molecular flexibility index (Phi) is 6.38. The van der Waals surface area contributed by atoms with E-state index in [2.05, 4.69) is 45.2 Å². The molecule has 0 unspecified atom stereocenters. The summed E-state index contributed by atoms with van der Waals surface area (Å²) in [6.07, 6.45) is 5.07. The van der Waals surface area contributed by atoms with Gasteiger partial charge in [0.1, 0.15) is 24.5 Å². The smallest absolute Gasteiger partial charge is 0.230 e. The van der Waals surface area contributed by atoms with Crippen molar-refractivity contribution in [2.24, 2.45) is 0 Å². The van der Waals surface area contributed by atoms with Crippen molar-refractivity contribution in [1.29, 1.82) is 0 Å². The number of anilines is 2. The fourth-order valence-corrected chi connectivity index (χ4v) is 2.98. The molecule has 2 aromatic carbocycles. The van der Waals surface area contributed by atoms with Crippen molar-refractivity contribution in [2.45, 2.75) is 5.75 Å². The Bertz CT molecular complexity index is 935. The highest BCUT2D eigenvalue weighted by Gasteiger charge is 2.12. The Balaban J connectivity index is 1.88. The van der Waals surface area contributed by atoms with Gasteiger partial charge in [0.15, 0.2) is 5.82 Å².